The third-order valence-electron chi connectivity index (χ3n) is 23.5. The number of carbonyl (C=O) groups is 6. The largest absolute Gasteiger partial charge is 0.465 e. The van der Waals surface area contributed by atoms with Gasteiger partial charge in [-0.2, -0.15) is 0 Å². The molecule has 0 saturated carbocycles. The second kappa shape index (κ2) is 70.4. The highest BCUT2D eigenvalue weighted by molar-refractivity contribution is 5.73. The fourth-order valence-corrected chi connectivity index (χ4v) is 14.8. The molecule has 14 heteroatoms. The highest BCUT2D eigenvalue weighted by atomic mass is 16.6. The van der Waals surface area contributed by atoms with Crippen LogP contribution in [0, 0.1) is 76.9 Å². The van der Waals surface area contributed by atoms with E-state index in [2.05, 4.69) is 121 Å². The SMILES string of the molecule is CCN(CC)CC(=O)OC(CCCCCCCCCC(=O)OCC(CCC(C)C)C(C)C)CCCCCCCCCC(=O)OCC(CCC(C)CCC(C)C(CCC(C)C)COC(=O)CCCCCCCCCC(CCCCCCCCCC(=O)OCC(CCC(C)C)C(C)C)C(=O)OCCCN(C)C)C(C)C. The Kier molecular flexibility index (Phi) is 68.3. The van der Waals surface area contributed by atoms with Crippen molar-refractivity contribution < 1.29 is 57.2 Å². The topological polar surface area (TPSA) is 164 Å². The van der Waals surface area contributed by atoms with E-state index in [4.69, 9.17) is 28.4 Å². The average Bonchev–Trinajstić information content (AvgIpc) is 0.875. The highest BCUT2D eigenvalue weighted by Gasteiger charge is 2.25. The van der Waals surface area contributed by atoms with Crippen molar-refractivity contribution in [3.05, 3.63) is 0 Å². The fourth-order valence-electron chi connectivity index (χ4n) is 14.8. The first-order chi connectivity index (χ1) is 51.7. The molecule has 0 aliphatic carbocycles. The molecule has 0 fully saturated rings. The number of ether oxygens (including phenoxy) is 6. The molecule has 0 radical (unpaired) electrons. The lowest BCUT2D eigenvalue weighted by atomic mass is 9.82. The Morgan fingerprint density at radius 3 is 0.917 bits per heavy atom. The first-order valence-electron chi connectivity index (χ1n) is 46.0. The predicted molar refractivity (Wildman–Crippen MR) is 453 cm³/mol. The lowest BCUT2D eigenvalue weighted by Crippen LogP contribution is -2.32. The second-order valence-electron chi connectivity index (χ2n) is 36.3. The van der Waals surface area contributed by atoms with Crippen LogP contribution >= 0.6 is 0 Å². The standard InChI is InChI=1S/C94H180N2O12/c1-19-96(20-2)70-93(101)108-88(52-43-35-27-23-31-39-46-55-90(98)105-72-85(79(11)12)65-59-76(5)6)53-44-36-28-24-32-40-47-56-91(99)106-73-86(80(13)14)67-62-81(15)61-63-82(16)87(66-60-77(7)8)74-107-92(100)57-48-38-30-22-26-34-42-51-83(94(102)103-69-49-68-95(17)18)50-41-33-25-21-29-37-45-54-89(97)104-71-84(78(9)10)64-58-75(3)4/h75-88H,19-74H2,1-18H3. The van der Waals surface area contributed by atoms with Gasteiger partial charge in [0.2, 0.25) is 0 Å². The lowest BCUT2D eigenvalue weighted by molar-refractivity contribution is -0.151. The van der Waals surface area contributed by atoms with Gasteiger partial charge in [-0.15, -0.1) is 0 Å². The quantitative estimate of drug-likeness (QED) is 0.0321. The Morgan fingerprint density at radius 1 is 0.296 bits per heavy atom. The molecule has 0 saturated heterocycles. The normalized spacial score (nSPS) is 14.3. The number of rotatable bonds is 77. The van der Waals surface area contributed by atoms with Crippen molar-refractivity contribution in [2.24, 2.45) is 76.9 Å². The molecule has 0 N–H and O–H groups in total. The van der Waals surface area contributed by atoms with Gasteiger partial charge in [-0.25, -0.2) is 0 Å². The number of likely N-dealkylation sites (N-methyl/N-ethyl adjacent to an activating group) is 1. The van der Waals surface area contributed by atoms with Crippen LogP contribution in [0.25, 0.3) is 0 Å². The lowest BCUT2D eigenvalue weighted by Gasteiger charge is -2.26. The van der Waals surface area contributed by atoms with Gasteiger partial charge in [0.1, 0.15) is 6.10 Å². The van der Waals surface area contributed by atoms with Gasteiger partial charge in [0, 0.05) is 32.2 Å². The Bertz CT molecular complexity index is 2130. The van der Waals surface area contributed by atoms with Crippen molar-refractivity contribution in [2.45, 2.75) is 419 Å². The molecule has 0 rings (SSSR count). The van der Waals surface area contributed by atoms with E-state index in [1.165, 1.54) is 25.7 Å². The van der Waals surface area contributed by atoms with Crippen LogP contribution in [0.3, 0.4) is 0 Å². The number of hydrogen-bond acceptors (Lipinski definition) is 14. The van der Waals surface area contributed by atoms with Crippen LogP contribution in [-0.4, -0.2) is 125 Å². The molecule has 0 amide bonds. The van der Waals surface area contributed by atoms with E-state index in [1.54, 1.807) is 0 Å². The molecule has 0 aliphatic rings. The number of nitrogens with zero attached hydrogens (tertiary/aromatic N) is 2. The summed E-state index contributed by atoms with van der Waals surface area (Å²) in [4.78, 5) is 81.5. The third kappa shape index (κ3) is 64.2. The van der Waals surface area contributed by atoms with Crippen molar-refractivity contribution in [3.63, 3.8) is 0 Å². The summed E-state index contributed by atoms with van der Waals surface area (Å²) in [5.74, 6) is 5.67. The molecule has 0 heterocycles. The van der Waals surface area contributed by atoms with Gasteiger partial charge in [-0.1, -0.05) is 291 Å². The predicted octanol–water partition coefficient (Wildman–Crippen LogP) is 25.1. The van der Waals surface area contributed by atoms with Crippen LogP contribution in [-0.2, 0) is 57.2 Å². The van der Waals surface area contributed by atoms with E-state index in [9.17, 15) is 28.8 Å². The summed E-state index contributed by atoms with van der Waals surface area (Å²) in [6.45, 7) is 41.4. The zero-order chi connectivity index (χ0) is 80.5. The summed E-state index contributed by atoms with van der Waals surface area (Å²) in [6.07, 6.45) is 47.8. The van der Waals surface area contributed by atoms with Crippen molar-refractivity contribution in [1.82, 2.24) is 9.80 Å². The number of esters is 6. The minimum absolute atomic E-state index is 0.0208. The molecule has 0 bridgehead atoms. The summed E-state index contributed by atoms with van der Waals surface area (Å²) >= 11 is 0. The van der Waals surface area contributed by atoms with E-state index in [0.29, 0.717) is 136 Å². The fraction of sp³-hybridized carbons (Fsp3) is 0.936. The highest BCUT2D eigenvalue weighted by Crippen LogP contribution is 2.31. The molecular weight excluding hydrogens is 1350 g/mol. The maximum absolute atomic E-state index is 13.3. The Balaban J connectivity index is 4.65. The maximum Gasteiger partial charge on any atom is 0.320 e. The van der Waals surface area contributed by atoms with Crippen molar-refractivity contribution in [1.29, 1.82) is 0 Å². The average molecular weight is 1530 g/mol. The van der Waals surface area contributed by atoms with Gasteiger partial charge in [0.05, 0.1) is 45.5 Å². The van der Waals surface area contributed by atoms with Gasteiger partial charge >= 0.3 is 35.8 Å². The first kappa shape index (κ1) is 105. The van der Waals surface area contributed by atoms with Gasteiger partial charge < -0.3 is 33.3 Å². The van der Waals surface area contributed by atoms with E-state index in [-0.39, 0.29) is 47.8 Å². The number of carbonyl (C=O) groups excluding carboxylic acids is 6. The first-order valence-corrected chi connectivity index (χ1v) is 46.0. The van der Waals surface area contributed by atoms with Crippen molar-refractivity contribution >= 4 is 35.8 Å². The summed E-state index contributed by atoms with van der Waals surface area (Å²) in [5, 5.41) is 0. The zero-order valence-electron chi connectivity index (χ0n) is 74.5. The molecule has 0 aromatic carbocycles. The Hall–Kier alpha value is -3.26. The molecule has 0 aliphatic heterocycles. The van der Waals surface area contributed by atoms with Gasteiger partial charge in [0.25, 0.3) is 0 Å². The summed E-state index contributed by atoms with van der Waals surface area (Å²) in [5.41, 5.74) is 0. The minimum atomic E-state index is -0.104. The van der Waals surface area contributed by atoms with Crippen LogP contribution in [0.2, 0.25) is 0 Å². The molecule has 8 unspecified atom stereocenters. The Labute approximate surface area is 668 Å². The minimum Gasteiger partial charge on any atom is -0.465 e. The van der Waals surface area contributed by atoms with Crippen LogP contribution in [0.1, 0.15) is 413 Å². The van der Waals surface area contributed by atoms with Crippen LogP contribution in [0.4, 0.5) is 0 Å². The molecule has 0 aromatic rings. The zero-order valence-corrected chi connectivity index (χ0v) is 74.5. The molecule has 14 nitrogen and oxygen atoms in total. The molecule has 638 valence electrons. The molecule has 8 atom stereocenters. The molecule has 0 aromatic heterocycles. The summed E-state index contributed by atoms with van der Waals surface area (Å²) in [7, 11) is 4.10. The van der Waals surface area contributed by atoms with E-state index in [0.717, 1.165) is 270 Å². The monoisotopic (exact) mass is 1530 g/mol. The van der Waals surface area contributed by atoms with Gasteiger partial charge in [0.15, 0.2) is 0 Å². The van der Waals surface area contributed by atoms with Crippen LogP contribution < -0.4 is 0 Å². The second-order valence-corrected chi connectivity index (χ2v) is 36.3. The molecule has 108 heavy (non-hydrogen) atoms. The number of hydrogen-bond donors (Lipinski definition) is 0. The third-order valence-corrected chi connectivity index (χ3v) is 23.5. The Morgan fingerprint density at radius 2 is 0.593 bits per heavy atom. The summed E-state index contributed by atoms with van der Waals surface area (Å²) in [6, 6.07) is 0. The summed E-state index contributed by atoms with van der Waals surface area (Å²) < 4.78 is 35.2. The number of unbranched alkanes of at least 4 members (excludes halogenated alkanes) is 24. The van der Waals surface area contributed by atoms with Crippen LogP contribution in [0.15, 0.2) is 0 Å². The van der Waals surface area contributed by atoms with Gasteiger partial charge in [-0.05, 0) is 195 Å². The van der Waals surface area contributed by atoms with E-state index >= 15 is 0 Å². The van der Waals surface area contributed by atoms with Crippen molar-refractivity contribution in [2.75, 3.05) is 73.3 Å². The molecule has 0 spiro atoms. The van der Waals surface area contributed by atoms with Gasteiger partial charge in [-0.3, -0.25) is 33.7 Å². The van der Waals surface area contributed by atoms with Crippen molar-refractivity contribution in [3.8, 4) is 0 Å². The van der Waals surface area contributed by atoms with E-state index < -0.39 is 0 Å². The maximum atomic E-state index is 13.3. The van der Waals surface area contributed by atoms with E-state index in [1.807, 2.05) is 14.1 Å². The van der Waals surface area contributed by atoms with Crippen LogP contribution in [0.5, 0.6) is 0 Å². The smallest absolute Gasteiger partial charge is 0.320 e. The molecular formula is C94H180N2O12.